The van der Waals surface area contributed by atoms with Crippen LogP contribution in [0.15, 0.2) is 60.5 Å². The number of nitrogens with two attached hydrogens (primary N) is 1. The van der Waals surface area contributed by atoms with Gasteiger partial charge in [-0.3, -0.25) is 4.79 Å². The lowest BCUT2D eigenvalue weighted by atomic mass is 9.93. The number of nitrogens with zero attached hydrogens (tertiary/aromatic N) is 1. The van der Waals surface area contributed by atoms with Crippen molar-refractivity contribution in [3.63, 3.8) is 0 Å². The molecular formula is C33H35Cl2F4N3O5. The van der Waals surface area contributed by atoms with E-state index in [4.69, 9.17) is 43.1 Å². The Morgan fingerprint density at radius 2 is 1.72 bits per heavy atom. The number of ether oxygens (including phenoxy) is 3. The van der Waals surface area contributed by atoms with Crippen LogP contribution in [-0.4, -0.2) is 36.5 Å². The van der Waals surface area contributed by atoms with E-state index in [1.807, 2.05) is 6.92 Å². The number of esters is 1. The van der Waals surface area contributed by atoms with Gasteiger partial charge in [0.05, 0.1) is 22.9 Å². The van der Waals surface area contributed by atoms with Crippen LogP contribution in [0.2, 0.25) is 10.0 Å². The van der Waals surface area contributed by atoms with Crippen LogP contribution in [-0.2, 0) is 25.2 Å². The Labute approximate surface area is 280 Å². The average Bonchev–Trinajstić information content (AvgIpc) is 3.39. The Kier molecular flexibility index (Phi) is 13.7. The van der Waals surface area contributed by atoms with Crippen LogP contribution in [0.5, 0.6) is 5.88 Å². The number of ketones is 1. The first kappa shape index (κ1) is 37.4. The number of unbranched alkanes of at least 4 members (excludes halogenated alkanes) is 3. The maximum absolute atomic E-state index is 13.4. The van der Waals surface area contributed by atoms with Gasteiger partial charge < -0.3 is 25.3 Å². The quantitative estimate of drug-likeness (QED) is 0.0840. The van der Waals surface area contributed by atoms with Crippen LogP contribution in [0.25, 0.3) is 5.57 Å². The zero-order valence-corrected chi connectivity index (χ0v) is 27.4. The minimum atomic E-state index is -4.56. The first-order valence-corrected chi connectivity index (χ1v) is 15.5. The molecule has 0 saturated carbocycles. The van der Waals surface area contributed by atoms with E-state index in [1.165, 1.54) is 25.2 Å². The van der Waals surface area contributed by atoms with Gasteiger partial charge in [-0.25, -0.2) is 4.79 Å². The van der Waals surface area contributed by atoms with Gasteiger partial charge in [0.25, 0.3) is 0 Å². The molecule has 2 aromatic carbocycles. The van der Waals surface area contributed by atoms with Gasteiger partial charge in [0.2, 0.25) is 17.6 Å². The number of alkyl halides is 3. The number of carbonyl (C=O) groups is 2. The number of nitrogen functional groups attached to an aromatic ring is 1. The fraction of sp³-hybridized carbons (Fsp3) is 0.364. The summed E-state index contributed by atoms with van der Waals surface area (Å²) in [7, 11) is 1.51. The number of hydrogen-bond acceptors (Lipinski definition) is 8. The zero-order chi connectivity index (χ0) is 34.7. The minimum absolute atomic E-state index is 0.0468. The van der Waals surface area contributed by atoms with E-state index < -0.39 is 42.2 Å². The molecule has 0 aliphatic carbocycles. The molecule has 0 saturated heterocycles. The van der Waals surface area contributed by atoms with Crippen molar-refractivity contribution in [1.82, 2.24) is 10.3 Å². The Balaban J connectivity index is 0.000000256. The maximum atomic E-state index is 13.4. The van der Waals surface area contributed by atoms with Crippen LogP contribution in [0.4, 0.5) is 23.2 Å². The fourth-order valence-corrected chi connectivity index (χ4v) is 4.99. The molecule has 0 amide bonds. The molecule has 0 radical (unpaired) electrons. The molecule has 1 aromatic heterocycles. The average molecular weight is 701 g/mol. The SMILES string of the molecule is CCCCCCC(C)OC(=O)COc1nc(F)c(Cl)c(N)c1Cl.CNC1=C(c2ccccc2C(F)(F)F)C(=O)C(c2ccccc2)O1. The van der Waals surface area contributed by atoms with Gasteiger partial charge in [0.1, 0.15) is 10.0 Å². The Bertz CT molecular complexity index is 1570. The summed E-state index contributed by atoms with van der Waals surface area (Å²) >= 11 is 11.4. The highest BCUT2D eigenvalue weighted by Crippen LogP contribution is 2.42. The lowest BCUT2D eigenvalue weighted by Crippen LogP contribution is -2.21. The monoisotopic (exact) mass is 699 g/mol. The molecule has 3 aromatic rings. The Morgan fingerprint density at radius 1 is 1.06 bits per heavy atom. The topological polar surface area (TPSA) is 113 Å². The number of hydrogen-bond donors (Lipinski definition) is 2. The van der Waals surface area contributed by atoms with E-state index in [2.05, 4.69) is 17.2 Å². The molecule has 4 rings (SSSR count). The highest BCUT2D eigenvalue weighted by Gasteiger charge is 2.41. The molecule has 8 nitrogen and oxygen atoms in total. The second-order valence-electron chi connectivity index (χ2n) is 10.5. The second-order valence-corrected chi connectivity index (χ2v) is 11.2. The molecule has 254 valence electrons. The Morgan fingerprint density at radius 3 is 2.36 bits per heavy atom. The maximum Gasteiger partial charge on any atom is 0.417 e. The number of anilines is 1. The van der Waals surface area contributed by atoms with Gasteiger partial charge in [0.15, 0.2) is 18.6 Å². The highest BCUT2D eigenvalue weighted by atomic mass is 35.5. The molecule has 0 fully saturated rings. The van der Waals surface area contributed by atoms with Gasteiger partial charge in [-0.1, -0.05) is 97.9 Å². The first-order chi connectivity index (χ1) is 22.3. The summed E-state index contributed by atoms with van der Waals surface area (Å²) in [6.07, 6.45) is -0.523. The standard InChI is InChI=1S/C18H14F3NO2.C15H21Cl2FN2O3/c1-22-17-14(12-9-5-6-10-13(12)18(19,20)21)15(23)16(24-17)11-7-3-2-4-8-11;1-3-4-5-6-7-9(2)23-10(21)8-22-15-12(17)13(19)11(16)14(18)20-15/h2-10,16,22H,1H3;9H,3-8H2,1-2H3,(H2,19,20). The lowest BCUT2D eigenvalue weighted by molar-refractivity contribution is -0.151. The van der Waals surface area contributed by atoms with Crippen LogP contribution in [0, 0.1) is 5.95 Å². The normalized spacial score (nSPS) is 15.0. The highest BCUT2D eigenvalue weighted by molar-refractivity contribution is 6.39. The third-order valence-corrected chi connectivity index (χ3v) is 7.67. The number of nitrogens with one attached hydrogen (secondary N) is 1. The van der Waals surface area contributed by atoms with E-state index >= 15 is 0 Å². The largest absolute Gasteiger partial charge is 0.464 e. The third kappa shape index (κ3) is 9.98. The van der Waals surface area contributed by atoms with Crippen LogP contribution in [0.1, 0.15) is 68.7 Å². The molecule has 47 heavy (non-hydrogen) atoms. The summed E-state index contributed by atoms with van der Waals surface area (Å²) < 4.78 is 69.1. The predicted octanol–water partition coefficient (Wildman–Crippen LogP) is 8.32. The number of halogens is 6. The van der Waals surface area contributed by atoms with Crippen molar-refractivity contribution >= 4 is 46.2 Å². The lowest BCUT2D eigenvalue weighted by Gasteiger charge is -2.14. The summed E-state index contributed by atoms with van der Waals surface area (Å²) in [6, 6.07) is 13.7. The van der Waals surface area contributed by atoms with Crippen molar-refractivity contribution in [1.29, 1.82) is 0 Å². The summed E-state index contributed by atoms with van der Waals surface area (Å²) in [5.74, 6) is -2.34. The summed E-state index contributed by atoms with van der Waals surface area (Å²) in [6.45, 7) is 3.51. The summed E-state index contributed by atoms with van der Waals surface area (Å²) in [5, 5.41) is 2.17. The molecular weight excluding hydrogens is 665 g/mol. The number of pyridine rings is 1. The van der Waals surface area contributed by atoms with Crippen molar-refractivity contribution in [2.24, 2.45) is 0 Å². The molecule has 3 N–H and O–H groups in total. The van der Waals surface area contributed by atoms with E-state index in [1.54, 1.807) is 30.3 Å². The van der Waals surface area contributed by atoms with E-state index in [0.29, 0.717) is 5.56 Å². The number of benzene rings is 2. The minimum Gasteiger partial charge on any atom is -0.464 e. The molecule has 1 aliphatic rings. The van der Waals surface area contributed by atoms with Crippen LogP contribution < -0.4 is 15.8 Å². The van der Waals surface area contributed by atoms with E-state index in [9.17, 15) is 27.2 Å². The molecule has 2 atom stereocenters. The van der Waals surface area contributed by atoms with Gasteiger partial charge in [-0.05, 0) is 25.8 Å². The van der Waals surface area contributed by atoms with Crippen molar-refractivity contribution in [3.8, 4) is 5.88 Å². The zero-order valence-electron chi connectivity index (χ0n) is 25.9. The first-order valence-electron chi connectivity index (χ1n) is 14.8. The van der Waals surface area contributed by atoms with Gasteiger partial charge in [-0.2, -0.15) is 22.5 Å². The third-order valence-electron chi connectivity index (χ3n) is 6.94. The number of aromatic nitrogens is 1. The molecule has 1 aliphatic heterocycles. The molecule has 2 unspecified atom stereocenters. The van der Waals surface area contributed by atoms with Gasteiger partial charge >= 0.3 is 12.1 Å². The number of carbonyl (C=O) groups excluding carboxylic acids is 2. The number of Topliss-reactive ketones (excluding diaryl/α,β-unsaturated/α-hetero) is 1. The number of rotatable bonds is 12. The van der Waals surface area contributed by atoms with Crippen molar-refractivity contribution in [2.75, 3.05) is 19.4 Å². The van der Waals surface area contributed by atoms with Gasteiger partial charge in [-0.15, -0.1) is 0 Å². The predicted molar refractivity (Wildman–Crippen MR) is 171 cm³/mol. The van der Waals surface area contributed by atoms with E-state index in [0.717, 1.165) is 38.2 Å². The van der Waals surface area contributed by atoms with Crippen LogP contribution >= 0.6 is 23.2 Å². The Hall–Kier alpha value is -4.03. The molecule has 2 heterocycles. The van der Waals surface area contributed by atoms with Crippen LogP contribution in [0.3, 0.4) is 0 Å². The van der Waals surface area contributed by atoms with Crippen molar-refractivity contribution in [3.05, 3.63) is 93.2 Å². The molecule has 0 bridgehead atoms. The molecule has 14 heteroatoms. The van der Waals surface area contributed by atoms with Crippen molar-refractivity contribution < 1.29 is 41.4 Å². The van der Waals surface area contributed by atoms with E-state index in [-0.39, 0.29) is 44.7 Å². The molecule has 0 spiro atoms. The smallest absolute Gasteiger partial charge is 0.417 e. The summed E-state index contributed by atoms with van der Waals surface area (Å²) in [4.78, 5) is 27.9. The second kappa shape index (κ2) is 17.2. The van der Waals surface area contributed by atoms with Gasteiger partial charge in [0, 0.05) is 18.2 Å². The fourth-order valence-electron chi connectivity index (χ4n) is 4.62. The summed E-state index contributed by atoms with van der Waals surface area (Å²) in [5.41, 5.74) is 4.79. The van der Waals surface area contributed by atoms with Crippen molar-refractivity contribution in [2.45, 2.75) is 64.3 Å².